The average Bonchev–Trinajstić information content (AvgIpc) is 1.96. The van der Waals surface area contributed by atoms with Crippen molar-refractivity contribution in [2.45, 2.75) is 4.58 Å². The lowest BCUT2D eigenvalue weighted by molar-refractivity contribution is -0.138. The van der Waals surface area contributed by atoms with Crippen LogP contribution in [0, 0.1) is 0 Å². The number of esters is 1. The van der Waals surface area contributed by atoms with Crippen molar-refractivity contribution in [2.75, 3.05) is 6.61 Å². The highest BCUT2D eigenvalue weighted by atomic mass is 32.2. The van der Waals surface area contributed by atoms with Crippen LogP contribution in [0.1, 0.15) is 0 Å². The molecule has 0 aliphatic rings. The van der Waals surface area contributed by atoms with Crippen molar-refractivity contribution in [3.05, 3.63) is 12.2 Å². The van der Waals surface area contributed by atoms with Crippen molar-refractivity contribution in [1.82, 2.24) is 0 Å². The maximum Gasteiger partial charge on any atom is 0.331 e. The lowest BCUT2D eigenvalue weighted by Crippen LogP contribution is -2.08. The topological polar surface area (TPSA) is 63.6 Å². The minimum atomic E-state index is -1.19. The second-order valence-corrected chi connectivity index (χ2v) is 3.44. The molecule has 1 N–H and O–H groups in total. The number of ether oxygens (including phenoxy) is 1. The molecule has 0 amide bonds. The molecule has 0 saturated heterocycles. The van der Waals surface area contributed by atoms with E-state index in [2.05, 4.69) is 30.0 Å². The second kappa shape index (κ2) is 5.96. The predicted molar refractivity (Wildman–Crippen MR) is 49.5 cm³/mol. The van der Waals surface area contributed by atoms with Gasteiger partial charge in [-0.05, 0) is 0 Å². The molecule has 0 aromatic rings. The van der Waals surface area contributed by atoms with Crippen LogP contribution in [0.2, 0.25) is 0 Å². The van der Waals surface area contributed by atoms with Crippen LogP contribution < -0.4 is 0 Å². The van der Waals surface area contributed by atoms with Gasteiger partial charge < -0.3 is 9.84 Å². The lowest BCUT2D eigenvalue weighted by Gasteiger charge is -2.02. The quantitative estimate of drug-likeness (QED) is 0.270. The zero-order chi connectivity index (χ0) is 9.56. The van der Waals surface area contributed by atoms with E-state index in [4.69, 9.17) is 5.11 Å². The Bertz CT molecular complexity index is 200. The van der Waals surface area contributed by atoms with Gasteiger partial charge in [-0.15, -0.1) is 0 Å². The molecule has 4 nitrogen and oxygen atoms in total. The first-order valence-electron chi connectivity index (χ1n) is 2.96. The van der Waals surface area contributed by atoms with Gasteiger partial charge >= 0.3 is 11.9 Å². The van der Waals surface area contributed by atoms with Gasteiger partial charge in [0.15, 0.2) is 0 Å². The van der Waals surface area contributed by atoms with Gasteiger partial charge in [-0.1, -0.05) is 0 Å². The highest BCUT2D eigenvalue weighted by molar-refractivity contribution is 7.99. The van der Waals surface area contributed by atoms with Crippen LogP contribution in [0.4, 0.5) is 0 Å². The van der Waals surface area contributed by atoms with Crippen molar-refractivity contribution in [3.8, 4) is 0 Å². The fraction of sp³-hybridized carbons (Fsp3) is 0.333. The Balaban J connectivity index is 3.67. The second-order valence-electron chi connectivity index (χ2n) is 1.78. The summed E-state index contributed by atoms with van der Waals surface area (Å²) >= 11 is 7.66. The Kier molecular flexibility index (Phi) is 5.65. The number of carbonyl (C=O) groups excluding carboxylic acids is 1. The number of carboxylic acids is 1. The number of hydrogen-bond acceptors (Lipinski definition) is 5. The fourth-order valence-corrected chi connectivity index (χ4v) is 0.493. The minimum absolute atomic E-state index is 0.0367. The number of hydrogen-bond donors (Lipinski definition) is 3. The van der Waals surface area contributed by atoms with Gasteiger partial charge in [-0.25, -0.2) is 9.59 Å². The van der Waals surface area contributed by atoms with E-state index >= 15 is 0 Å². The molecule has 0 aromatic carbocycles. The molecule has 0 atom stereocenters. The first kappa shape index (κ1) is 11.4. The minimum Gasteiger partial charge on any atom is -0.478 e. The zero-order valence-electron chi connectivity index (χ0n) is 6.01. The molecular weight excluding hydrogens is 200 g/mol. The summed E-state index contributed by atoms with van der Waals surface area (Å²) in [5.41, 5.74) is 0. The first-order valence-corrected chi connectivity index (χ1v) is 3.99. The third-order valence-electron chi connectivity index (χ3n) is 0.737. The zero-order valence-corrected chi connectivity index (χ0v) is 7.79. The van der Waals surface area contributed by atoms with E-state index in [0.29, 0.717) is 6.08 Å². The van der Waals surface area contributed by atoms with E-state index in [1.807, 2.05) is 0 Å². The van der Waals surface area contributed by atoms with Crippen LogP contribution in [0.15, 0.2) is 12.2 Å². The molecule has 0 fully saturated rings. The number of aliphatic carboxylic acids is 1. The van der Waals surface area contributed by atoms with Gasteiger partial charge in [0.05, 0.1) is 4.58 Å². The molecule has 0 spiro atoms. The molecule has 0 rings (SSSR count). The molecule has 0 aliphatic heterocycles. The smallest absolute Gasteiger partial charge is 0.331 e. The first-order chi connectivity index (χ1) is 5.52. The van der Waals surface area contributed by atoms with Crippen molar-refractivity contribution >= 4 is 37.2 Å². The molecule has 0 saturated carbocycles. The Morgan fingerprint density at radius 3 is 2.42 bits per heavy atom. The van der Waals surface area contributed by atoms with Gasteiger partial charge in [0, 0.05) is 12.2 Å². The van der Waals surface area contributed by atoms with Gasteiger partial charge in [-0.3, -0.25) is 0 Å². The van der Waals surface area contributed by atoms with Crippen molar-refractivity contribution < 1.29 is 19.4 Å². The SMILES string of the molecule is O=C(O)/C=C\C(=O)OCC(S)S. The third kappa shape index (κ3) is 7.49. The van der Waals surface area contributed by atoms with E-state index in [-0.39, 0.29) is 11.2 Å². The number of carboxylic acid groups (broad SMARTS) is 1. The average molecular weight is 208 g/mol. The molecule has 0 unspecified atom stereocenters. The van der Waals surface area contributed by atoms with E-state index in [9.17, 15) is 9.59 Å². The summed E-state index contributed by atoms with van der Waals surface area (Å²) in [5, 5.41) is 8.12. The molecule has 68 valence electrons. The highest BCUT2D eigenvalue weighted by Gasteiger charge is 2.00. The molecule has 12 heavy (non-hydrogen) atoms. The number of carbonyl (C=O) groups is 2. The van der Waals surface area contributed by atoms with Crippen molar-refractivity contribution in [1.29, 1.82) is 0 Å². The van der Waals surface area contributed by atoms with Crippen LogP contribution in [-0.2, 0) is 14.3 Å². The summed E-state index contributed by atoms with van der Waals surface area (Å²) in [6.07, 6.45) is 1.53. The Morgan fingerprint density at radius 2 is 2.00 bits per heavy atom. The van der Waals surface area contributed by atoms with Gasteiger partial charge in [0.25, 0.3) is 0 Å². The molecular formula is C6H8O4S2. The number of rotatable bonds is 4. The lowest BCUT2D eigenvalue weighted by atomic mass is 10.5. The fourth-order valence-electron chi connectivity index (χ4n) is 0.344. The Hall–Kier alpha value is -0.620. The standard InChI is InChI=1S/C6H8O4S2/c7-4(8)1-2-5(9)10-3-6(11)12/h1-2,6,11-12H,3H2,(H,7,8)/b2-1-. The summed E-state index contributed by atoms with van der Waals surface area (Å²) in [7, 11) is 0. The molecule has 6 heteroatoms. The van der Waals surface area contributed by atoms with Crippen LogP contribution in [0.3, 0.4) is 0 Å². The Morgan fingerprint density at radius 1 is 1.42 bits per heavy atom. The van der Waals surface area contributed by atoms with Gasteiger partial charge in [0.1, 0.15) is 6.61 Å². The normalized spacial score (nSPS) is 10.6. The van der Waals surface area contributed by atoms with Crippen LogP contribution in [0.5, 0.6) is 0 Å². The highest BCUT2D eigenvalue weighted by Crippen LogP contribution is 1.99. The van der Waals surface area contributed by atoms with E-state index in [1.165, 1.54) is 0 Å². The molecule has 0 bridgehead atoms. The van der Waals surface area contributed by atoms with Crippen LogP contribution in [-0.4, -0.2) is 28.2 Å². The monoisotopic (exact) mass is 208 g/mol. The predicted octanol–water partition coefficient (Wildman–Crippen LogP) is 0.356. The van der Waals surface area contributed by atoms with E-state index in [1.54, 1.807) is 0 Å². The third-order valence-corrected chi connectivity index (χ3v) is 1.03. The summed E-state index contributed by atoms with van der Waals surface area (Å²) in [5.74, 6) is -1.91. The van der Waals surface area contributed by atoms with Crippen LogP contribution in [0.25, 0.3) is 0 Å². The van der Waals surface area contributed by atoms with Gasteiger partial charge in [-0.2, -0.15) is 25.3 Å². The summed E-state index contributed by atoms with van der Waals surface area (Å²) in [6, 6.07) is 0. The van der Waals surface area contributed by atoms with Crippen LogP contribution >= 0.6 is 25.3 Å². The van der Waals surface area contributed by atoms with Crippen molar-refractivity contribution in [2.24, 2.45) is 0 Å². The molecule has 0 aliphatic carbocycles. The molecule has 0 heterocycles. The summed E-state index contributed by atoms with van der Waals surface area (Å²) in [6.45, 7) is 0.0367. The molecule has 0 aromatic heterocycles. The maximum atomic E-state index is 10.6. The van der Waals surface area contributed by atoms with Gasteiger partial charge in [0.2, 0.25) is 0 Å². The molecule has 0 radical (unpaired) electrons. The largest absolute Gasteiger partial charge is 0.478 e. The summed E-state index contributed by atoms with van der Waals surface area (Å²) in [4.78, 5) is 20.5. The van der Waals surface area contributed by atoms with E-state index in [0.717, 1.165) is 6.08 Å². The maximum absolute atomic E-state index is 10.6. The Labute approximate surface area is 80.4 Å². The number of thiol groups is 2. The summed E-state index contributed by atoms with van der Waals surface area (Å²) < 4.78 is 4.16. The van der Waals surface area contributed by atoms with Crippen molar-refractivity contribution in [3.63, 3.8) is 0 Å². The van der Waals surface area contributed by atoms with E-state index < -0.39 is 11.9 Å².